The summed E-state index contributed by atoms with van der Waals surface area (Å²) in [6.07, 6.45) is 3.03. The summed E-state index contributed by atoms with van der Waals surface area (Å²) < 4.78 is 0. The van der Waals surface area contributed by atoms with Gasteiger partial charge in [0.05, 0.1) is 0 Å². The number of pyridine rings is 1. The molecule has 1 nitrogen and oxygen atoms in total. The first-order chi connectivity index (χ1) is 6.38. The van der Waals surface area contributed by atoms with Gasteiger partial charge in [0.2, 0.25) is 0 Å². The molecular weight excluding hydrogens is 170 g/mol. The maximum atomic E-state index is 4.47. The molecule has 1 aromatic heterocycles. The molecule has 1 heterocycles. The lowest BCUT2D eigenvalue weighted by atomic mass is 9.81. The number of hydrogen-bond acceptors (Lipinski definition) is 1. The van der Waals surface area contributed by atoms with Gasteiger partial charge in [0.1, 0.15) is 0 Å². The predicted octanol–water partition coefficient (Wildman–Crippen LogP) is 3.56. The molecule has 0 aliphatic carbocycles. The number of nitrogens with zero attached hydrogens (tertiary/aromatic N) is 1. The Hall–Kier alpha value is -0.850. The van der Waals surface area contributed by atoms with Crippen LogP contribution >= 0.6 is 0 Å². The molecule has 14 heavy (non-hydrogen) atoms. The van der Waals surface area contributed by atoms with Gasteiger partial charge < -0.3 is 0 Å². The molecule has 1 rings (SSSR count). The second kappa shape index (κ2) is 3.72. The molecule has 0 saturated carbocycles. The van der Waals surface area contributed by atoms with Crippen molar-refractivity contribution in [3.8, 4) is 0 Å². The van der Waals surface area contributed by atoms with Crippen molar-refractivity contribution >= 4 is 0 Å². The maximum Gasteiger partial charge on any atom is 0.0433 e. The van der Waals surface area contributed by atoms with Crippen molar-refractivity contribution in [3.05, 3.63) is 28.6 Å². The molecule has 0 amide bonds. The first-order valence-electron chi connectivity index (χ1n) is 5.33. The third-order valence-electron chi connectivity index (χ3n) is 2.70. The largest absolute Gasteiger partial charge is 0.261 e. The van der Waals surface area contributed by atoms with Gasteiger partial charge in [-0.1, -0.05) is 27.7 Å². The zero-order valence-corrected chi connectivity index (χ0v) is 10.2. The van der Waals surface area contributed by atoms with Crippen LogP contribution in [0.15, 0.2) is 6.20 Å². The SMILES string of the molecule is CCc1ncc(C)c(C(C)(C)C)c1C. The third-order valence-corrected chi connectivity index (χ3v) is 2.70. The van der Waals surface area contributed by atoms with Crippen LogP contribution in [0.3, 0.4) is 0 Å². The molecule has 1 heteroatoms. The summed E-state index contributed by atoms with van der Waals surface area (Å²) in [6.45, 7) is 13.3. The highest BCUT2D eigenvalue weighted by Gasteiger charge is 2.20. The van der Waals surface area contributed by atoms with E-state index in [2.05, 4.69) is 46.5 Å². The van der Waals surface area contributed by atoms with E-state index in [1.807, 2.05) is 6.20 Å². The minimum absolute atomic E-state index is 0.223. The van der Waals surface area contributed by atoms with Gasteiger partial charge in [-0.25, -0.2) is 0 Å². The van der Waals surface area contributed by atoms with Crippen LogP contribution in [0.1, 0.15) is 50.1 Å². The second-order valence-corrected chi connectivity index (χ2v) is 4.99. The van der Waals surface area contributed by atoms with Crippen LogP contribution in [0, 0.1) is 13.8 Å². The van der Waals surface area contributed by atoms with Crippen LogP contribution in [0.2, 0.25) is 0 Å². The van der Waals surface area contributed by atoms with Crippen LogP contribution < -0.4 is 0 Å². The number of aromatic nitrogens is 1. The first kappa shape index (κ1) is 11.2. The summed E-state index contributed by atoms with van der Waals surface area (Å²) in [5.41, 5.74) is 5.61. The highest BCUT2D eigenvalue weighted by Crippen LogP contribution is 2.29. The van der Waals surface area contributed by atoms with E-state index in [1.54, 1.807) is 0 Å². The maximum absolute atomic E-state index is 4.47. The second-order valence-electron chi connectivity index (χ2n) is 4.99. The van der Waals surface area contributed by atoms with E-state index in [0.29, 0.717) is 0 Å². The molecule has 0 atom stereocenters. The van der Waals surface area contributed by atoms with Gasteiger partial charge >= 0.3 is 0 Å². The van der Waals surface area contributed by atoms with Gasteiger partial charge in [-0.2, -0.15) is 0 Å². The smallest absolute Gasteiger partial charge is 0.0433 e. The number of rotatable bonds is 1. The molecule has 0 aliphatic heterocycles. The van der Waals surface area contributed by atoms with Crippen LogP contribution in [0.25, 0.3) is 0 Å². The Labute approximate surface area is 87.6 Å². The Balaban J connectivity index is 3.40. The minimum Gasteiger partial charge on any atom is -0.261 e. The quantitative estimate of drug-likeness (QED) is 0.661. The van der Waals surface area contributed by atoms with Gasteiger partial charge in [-0.15, -0.1) is 0 Å². The summed E-state index contributed by atoms with van der Waals surface area (Å²) in [4.78, 5) is 4.47. The Morgan fingerprint density at radius 3 is 2.21 bits per heavy atom. The van der Waals surface area contributed by atoms with Crippen molar-refractivity contribution in [2.24, 2.45) is 0 Å². The average molecular weight is 191 g/mol. The fraction of sp³-hybridized carbons (Fsp3) is 0.615. The van der Waals surface area contributed by atoms with Gasteiger partial charge in [-0.3, -0.25) is 4.98 Å². The van der Waals surface area contributed by atoms with Gasteiger partial charge in [-0.05, 0) is 42.4 Å². The number of hydrogen-bond donors (Lipinski definition) is 0. The Kier molecular flexibility index (Phi) is 2.98. The van der Waals surface area contributed by atoms with E-state index in [1.165, 1.54) is 22.4 Å². The Bertz CT molecular complexity index is 332. The monoisotopic (exact) mass is 191 g/mol. The highest BCUT2D eigenvalue weighted by molar-refractivity contribution is 5.39. The zero-order chi connectivity index (χ0) is 10.9. The zero-order valence-electron chi connectivity index (χ0n) is 10.2. The molecule has 78 valence electrons. The van der Waals surface area contributed by atoms with E-state index in [9.17, 15) is 0 Å². The first-order valence-corrected chi connectivity index (χ1v) is 5.33. The fourth-order valence-electron chi connectivity index (χ4n) is 2.29. The van der Waals surface area contributed by atoms with Crippen LogP contribution in [-0.2, 0) is 11.8 Å². The average Bonchev–Trinajstić information content (AvgIpc) is 2.02. The van der Waals surface area contributed by atoms with E-state index >= 15 is 0 Å². The van der Waals surface area contributed by atoms with Crippen molar-refractivity contribution in [2.45, 2.75) is 53.4 Å². The van der Waals surface area contributed by atoms with Crippen molar-refractivity contribution in [1.82, 2.24) is 4.98 Å². The third kappa shape index (κ3) is 1.97. The molecule has 0 saturated heterocycles. The Morgan fingerprint density at radius 1 is 1.21 bits per heavy atom. The molecule has 0 N–H and O–H groups in total. The van der Waals surface area contributed by atoms with Crippen LogP contribution in [0.5, 0.6) is 0 Å². The van der Waals surface area contributed by atoms with Crippen molar-refractivity contribution in [2.75, 3.05) is 0 Å². The van der Waals surface area contributed by atoms with Crippen LogP contribution in [0.4, 0.5) is 0 Å². The molecule has 0 bridgehead atoms. The molecule has 0 unspecified atom stereocenters. The normalized spacial score (nSPS) is 11.9. The lowest BCUT2D eigenvalue weighted by Crippen LogP contribution is -2.17. The van der Waals surface area contributed by atoms with E-state index < -0.39 is 0 Å². The molecule has 0 spiro atoms. The fourth-order valence-corrected chi connectivity index (χ4v) is 2.29. The molecule has 0 aliphatic rings. The number of aryl methyl sites for hydroxylation is 2. The summed E-state index contributed by atoms with van der Waals surface area (Å²) in [7, 11) is 0. The van der Waals surface area contributed by atoms with E-state index in [0.717, 1.165) is 6.42 Å². The van der Waals surface area contributed by atoms with Crippen LogP contribution in [-0.4, -0.2) is 4.98 Å². The topological polar surface area (TPSA) is 12.9 Å². The van der Waals surface area contributed by atoms with Gasteiger partial charge in [0, 0.05) is 11.9 Å². The molecule has 0 radical (unpaired) electrons. The summed E-state index contributed by atoms with van der Waals surface area (Å²) in [6, 6.07) is 0. The molecule has 1 aromatic rings. The summed E-state index contributed by atoms with van der Waals surface area (Å²) >= 11 is 0. The summed E-state index contributed by atoms with van der Waals surface area (Å²) in [5, 5.41) is 0. The molecule has 0 aromatic carbocycles. The van der Waals surface area contributed by atoms with Crippen molar-refractivity contribution in [3.63, 3.8) is 0 Å². The predicted molar refractivity (Wildman–Crippen MR) is 61.8 cm³/mol. The van der Waals surface area contributed by atoms with Crippen molar-refractivity contribution < 1.29 is 0 Å². The molecular formula is C13H21N. The summed E-state index contributed by atoms with van der Waals surface area (Å²) in [5.74, 6) is 0. The lowest BCUT2D eigenvalue weighted by molar-refractivity contribution is 0.578. The highest BCUT2D eigenvalue weighted by atomic mass is 14.7. The lowest BCUT2D eigenvalue weighted by Gasteiger charge is -2.25. The van der Waals surface area contributed by atoms with Gasteiger partial charge in [0.15, 0.2) is 0 Å². The van der Waals surface area contributed by atoms with E-state index in [-0.39, 0.29) is 5.41 Å². The standard InChI is InChI=1S/C13H21N/c1-7-11-10(3)12(13(4,5)6)9(2)8-14-11/h8H,7H2,1-6H3. The Morgan fingerprint density at radius 2 is 1.79 bits per heavy atom. The van der Waals surface area contributed by atoms with Gasteiger partial charge in [0.25, 0.3) is 0 Å². The molecule has 0 fully saturated rings. The van der Waals surface area contributed by atoms with E-state index in [4.69, 9.17) is 0 Å². The minimum atomic E-state index is 0.223. The van der Waals surface area contributed by atoms with Crippen molar-refractivity contribution in [1.29, 1.82) is 0 Å².